The van der Waals surface area contributed by atoms with Crippen molar-refractivity contribution in [2.24, 2.45) is 10.1 Å². The zero-order valence-electron chi connectivity index (χ0n) is 15.3. The second-order valence-electron chi connectivity index (χ2n) is 6.75. The summed E-state index contributed by atoms with van der Waals surface area (Å²) >= 11 is 16.0. The molecule has 2 aromatic rings. The summed E-state index contributed by atoms with van der Waals surface area (Å²) in [6.45, 7) is 1.17. The molecule has 0 N–H and O–H groups in total. The van der Waals surface area contributed by atoms with Gasteiger partial charge in [-0.25, -0.2) is 0 Å². The highest BCUT2D eigenvalue weighted by molar-refractivity contribution is 8.17. The van der Waals surface area contributed by atoms with Crippen LogP contribution >= 0.6 is 46.7 Å². The lowest BCUT2D eigenvalue weighted by molar-refractivity contribution is -0.129. The third kappa shape index (κ3) is 2.82. The van der Waals surface area contributed by atoms with Crippen molar-refractivity contribution in [3.8, 4) is 0 Å². The van der Waals surface area contributed by atoms with Crippen LogP contribution in [-0.4, -0.2) is 45.8 Å². The second-order valence-corrected chi connectivity index (χ2v) is 9.66. The van der Waals surface area contributed by atoms with Crippen molar-refractivity contribution in [2.45, 2.75) is 15.7 Å². The first-order chi connectivity index (χ1) is 14.1. The molecule has 29 heavy (non-hydrogen) atoms. The zero-order valence-corrected chi connectivity index (χ0v) is 18.4. The Bertz CT molecular complexity index is 1050. The molecule has 2 atom stereocenters. The number of hydrogen-bond acceptors (Lipinski definition) is 6. The fourth-order valence-electron chi connectivity index (χ4n) is 3.81. The summed E-state index contributed by atoms with van der Waals surface area (Å²) in [4.78, 5) is 26.9. The van der Waals surface area contributed by atoms with Gasteiger partial charge in [-0.1, -0.05) is 58.3 Å². The standard InChI is InChI=1S/C20H15Cl2N3O2S2/c1-28-12-7-5-11(6-8-12)17-20(18(26)25-10-9-23-19(25)29-20)16(24-27-17)15-13(21)3-2-4-14(15)22/h2-8,17H,9-10H2,1H3. The van der Waals surface area contributed by atoms with E-state index in [1.807, 2.05) is 30.5 Å². The SMILES string of the molecule is CSc1ccc(C2ON=C(c3c(Cl)cccc3Cl)C23SC2=NCCN2C3=O)cc1. The van der Waals surface area contributed by atoms with E-state index in [4.69, 9.17) is 28.0 Å². The zero-order chi connectivity index (χ0) is 20.2. The van der Waals surface area contributed by atoms with Crippen LogP contribution in [0.5, 0.6) is 0 Å². The van der Waals surface area contributed by atoms with E-state index >= 15 is 0 Å². The van der Waals surface area contributed by atoms with Gasteiger partial charge in [0.2, 0.25) is 0 Å². The minimum absolute atomic E-state index is 0.0927. The molecule has 3 aliphatic heterocycles. The first-order valence-electron chi connectivity index (χ1n) is 8.94. The number of amidine groups is 1. The van der Waals surface area contributed by atoms with Gasteiger partial charge in [0.1, 0.15) is 5.71 Å². The van der Waals surface area contributed by atoms with Gasteiger partial charge in [-0.2, -0.15) is 0 Å². The van der Waals surface area contributed by atoms with E-state index in [1.54, 1.807) is 34.9 Å². The number of amides is 1. The van der Waals surface area contributed by atoms with Crippen LogP contribution in [0.25, 0.3) is 0 Å². The molecule has 0 saturated carbocycles. The molecule has 1 amide bonds. The average molecular weight is 464 g/mol. The lowest BCUT2D eigenvalue weighted by Gasteiger charge is -2.27. The quantitative estimate of drug-likeness (QED) is 0.608. The van der Waals surface area contributed by atoms with Crippen molar-refractivity contribution >= 4 is 63.5 Å². The fraction of sp³-hybridized carbons (Fsp3) is 0.250. The van der Waals surface area contributed by atoms with Gasteiger partial charge in [0.05, 0.1) is 16.6 Å². The number of nitrogens with zero attached hydrogens (tertiary/aromatic N) is 3. The van der Waals surface area contributed by atoms with Gasteiger partial charge >= 0.3 is 0 Å². The number of fused-ring (bicyclic) bond motifs is 1. The van der Waals surface area contributed by atoms with Gasteiger partial charge in [-0.15, -0.1) is 11.8 Å². The molecule has 0 aliphatic carbocycles. The monoisotopic (exact) mass is 463 g/mol. The highest BCUT2D eigenvalue weighted by atomic mass is 35.5. The fourth-order valence-corrected chi connectivity index (χ4v) is 6.24. The number of hydrogen-bond donors (Lipinski definition) is 0. The number of carbonyl (C=O) groups is 1. The molecule has 1 saturated heterocycles. The Morgan fingerprint density at radius 3 is 2.59 bits per heavy atom. The van der Waals surface area contributed by atoms with Gasteiger partial charge in [-0.3, -0.25) is 14.7 Å². The minimum atomic E-state index is -1.12. The van der Waals surface area contributed by atoms with E-state index in [-0.39, 0.29) is 5.91 Å². The molecule has 9 heteroatoms. The van der Waals surface area contributed by atoms with Crippen LogP contribution in [0.1, 0.15) is 17.2 Å². The third-order valence-electron chi connectivity index (χ3n) is 5.21. The molecule has 0 radical (unpaired) electrons. The smallest absolute Gasteiger partial charge is 0.255 e. The lowest BCUT2D eigenvalue weighted by Crippen LogP contribution is -2.48. The molecule has 5 rings (SSSR count). The first-order valence-corrected chi connectivity index (χ1v) is 11.7. The van der Waals surface area contributed by atoms with Crippen LogP contribution in [0.4, 0.5) is 0 Å². The summed E-state index contributed by atoms with van der Waals surface area (Å²) < 4.78 is -1.12. The number of oxime groups is 1. The maximum absolute atomic E-state index is 13.7. The van der Waals surface area contributed by atoms with Crippen molar-refractivity contribution in [3.63, 3.8) is 0 Å². The van der Waals surface area contributed by atoms with Crippen LogP contribution in [0.3, 0.4) is 0 Å². The van der Waals surface area contributed by atoms with E-state index in [0.717, 1.165) is 10.5 Å². The predicted octanol–water partition coefficient (Wildman–Crippen LogP) is 4.87. The number of halogens is 2. The first kappa shape index (κ1) is 19.3. The summed E-state index contributed by atoms with van der Waals surface area (Å²) in [5.41, 5.74) is 1.84. The normalized spacial score (nSPS) is 25.3. The van der Waals surface area contributed by atoms with E-state index in [0.29, 0.717) is 39.6 Å². The Morgan fingerprint density at radius 2 is 1.93 bits per heavy atom. The van der Waals surface area contributed by atoms with E-state index in [2.05, 4.69) is 10.1 Å². The largest absolute Gasteiger partial charge is 0.385 e. The van der Waals surface area contributed by atoms with Crippen molar-refractivity contribution in [1.29, 1.82) is 0 Å². The number of thioether (sulfide) groups is 2. The molecule has 1 spiro atoms. The summed E-state index contributed by atoms with van der Waals surface area (Å²) in [5.74, 6) is -0.0927. The molecular formula is C20H15Cl2N3O2S2. The highest BCUT2D eigenvalue weighted by Crippen LogP contribution is 2.55. The molecule has 1 fully saturated rings. The van der Waals surface area contributed by atoms with Crippen LogP contribution in [0.15, 0.2) is 57.5 Å². The van der Waals surface area contributed by atoms with Gasteiger partial charge < -0.3 is 4.84 Å². The Hall–Kier alpha value is -1.67. The van der Waals surface area contributed by atoms with E-state index in [1.165, 1.54) is 11.8 Å². The number of carbonyl (C=O) groups excluding carboxylic acids is 1. The number of benzene rings is 2. The molecule has 5 nitrogen and oxygen atoms in total. The van der Waals surface area contributed by atoms with Crippen molar-refractivity contribution < 1.29 is 9.63 Å². The van der Waals surface area contributed by atoms with Gasteiger partial charge in [0.15, 0.2) is 16.0 Å². The number of rotatable bonds is 3. The summed E-state index contributed by atoms with van der Waals surface area (Å²) in [6, 6.07) is 13.2. The van der Waals surface area contributed by atoms with E-state index in [9.17, 15) is 4.79 Å². The molecule has 0 bridgehead atoms. The van der Waals surface area contributed by atoms with E-state index < -0.39 is 10.9 Å². The predicted molar refractivity (Wildman–Crippen MR) is 119 cm³/mol. The third-order valence-corrected chi connectivity index (χ3v) is 8.01. The second kappa shape index (κ2) is 7.23. The summed E-state index contributed by atoms with van der Waals surface area (Å²) in [7, 11) is 0. The molecule has 3 aliphatic rings. The van der Waals surface area contributed by atoms with Crippen molar-refractivity contribution in [1.82, 2.24) is 4.90 Å². The van der Waals surface area contributed by atoms with Crippen LogP contribution < -0.4 is 0 Å². The van der Waals surface area contributed by atoms with Crippen LogP contribution in [-0.2, 0) is 9.63 Å². The highest BCUT2D eigenvalue weighted by Gasteiger charge is 2.65. The van der Waals surface area contributed by atoms with Gasteiger partial charge in [-0.05, 0) is 36.1 Å². The Balaban J connectivity index is 1.68. The van der Waals surface area contributed by atoms with Gasteiger partial charge in [0, 0.05) is 17.0 Å². The molecular weight excluding hydrogens is 449 g/mol. The lowest BCUT2D eigenvalue weighted by atomic mass is 9.86. The molecule has 2 aromatic carbocycles. The maximum Gasteiger partial charge on any atom is 0.255 e. The maximum atomic E-state index is 13.7. The van der Waals surface area contributed by atoms with Crippen molar-refractivity contribution in [2.75, 3.05) is 19.3 Å². The summed E-state index contributed by atoms with van der Waals surface area (Å²) in [5, 5.41) is 5.92. The molecule has 148 valence electrons. The van der Waals surface area contributed by atoms with Crippen molar-refractivity contribution in [3.05, 3.63) is 63.6 Å². The molecule has 0 aromatic heterocycles. The van der Waals surface area contributed by atoms with Gasteiger partial charge in [0.25, 0.3) is 5.91 Å². The molecule has 2 unspecified atom stereocenters. The Morgan fingerprint density at radius 1 is 1.21 bits per heavy atom. The average Bonchev–Trinajstić information content (AvgIpc) is 3.40. The summed E-state index contributed by atoms with van der Waals surface area (Å²) in [6.07, 6.45) is 1.41. The van der Waals surface area contributed by atoms with Crippen LogP contribution in [0.2, 0.25) is 10.0 Å². The van der Waals surface area contributed by atoms with Crippen LogP contribution in [0, 0.1) is 0 Å². The minimum Gasteiger partial charge on any atom is -0.385 e. The Kier molecular flexibility index (Phi) is 4.81. The Labute approximate surface area is 186 Å². The number of aliphatic imine (C=N–C) groups is 1. The topological polar surface area (TPSA) is 54.3 Å². The molecule has 3 heterocycles.